The molecule has 6 heteroatoms. The lowest BCUT2D eigenvalue weighted by molar-refractivity contribution is 0.102. The van der Waals surface area contributed by atoms with E-state index in [0.29, 0.717) is 28.9 Å². The largest absolute Gasteiger partial charge is 0.506 e. The van der Waals surface area contributed by atoms with Crippen LogP contribution in [0.15, 0.2) is 59.2 Å². The van der Waals surface area contributed by atoms with Crippen LogP contribution >= 0.6 is 11.6 Å². The molecule has 2 N–H and O–H groups in total. The van der Waals surface area contributed by atoms with E-state index in [2.05, 4.69) is 29.3 Å². The Morgan fingerprint density at radius 2 is 2.11 bits per heavy atom. The number of amides is 1. The van der Waals surface area contributed by atoms with Crippen molar-refractivity contribution in [3.05, 3.63) is 76.7 Å². The molecule has 5 nitrogen and oxygen atoms in total. The van der Waals surface area contributed by atoms with Gasteiger partial charge in [-0.15, -0.1) is 0 Å². The van der Waals surface area contributed by atoms with Crippen LogP contribution in [0, 0.1) is 0 Å². The SMILES string of the molecule is CC1Cc2ccccc2N1Cc1occc1C(=O)Nc1cc(Cl)ccc1O. The van der Waals surface area contributed by atoms with Gasteiger partial charge in [-0.25, -0.2) is 0 Å². The fourth-order valence-electron chi connectivity index (χ4n) is 3.49. The zero-order valence-electron chi connectivity index (χ0n) is 14.8. The molecule has 0 aliphatic carbocycles. The number of benzene rings is 2. The molecule has 0 saturated carbocycles. The molecule has 138 valence electrons. The number of anilines is 2. The fraction of sp³-hybridized carbons (Fsp3) is 0.190. The number of phenolic OH excluding ortho intramolecular Hbond substituents is 1. The first-order valence-corrected chi connectivity index (χ1v) is 9.11. The van der Waals surface area contributed by atoms with Crippen molar-refractivity contribution in [1.29, 1.82) is 0 Å². The number of rotatable bonds is 4. The predicted octanol–water partition coefficient (Wildman–Crippen LogP) is 4.84. The summed E-state index contributed by atoms with van der Waals surface area (Å²) in [4.78, 5) is 15.0. The van der Waals surface area contributed by atoms with Crippen LogP contribution in [0.4, 0.5) is 11.4 Å². The molecule has 2 heterocycles. The Hall–Kier alpha value is -2.92. The lowest BCUT2D eigenvalue weighted by Crippen LogP contribution is -2.29. The maximum atomic E-state index is 12.7. The fourth-order valence-corrected chi connectivity index (χ4v) is 3.66. The van der Waals surface area contributed by atoms with Gasteiger partial charge >= 0.3 is 0 Å². The standard InChI is InChI=1S/C21H19ClN2O3/c1-13-10-14-4-2-3-5-18(14)24(13)12-20-16(8-9-27-20)21(26)23-17-11-15(22)6-7-19(17)25/h2-9,11,13,25H,10,12H2,1H3,(H,23,26). The number of phenols is 1. The van der Waals surface area contributed by atoms with Crippen molar-refractivity contribution in [3.63, 3.8) is 0 Å². The van der Waals surface area contributed by atoms with E-state index in [-0.39, 0.29) is 17.3 Å². The monoisotopic (exact) mass is 382 g/mol. The van der Waals surface area contributed by atoms with E-state index in [1.807, 2.05) is 12.1 Å². The van der Waals surface area contributed by atoms with Gasteiger partial charge in [0.25, 0.3) is 5.91 Å². The molecule has 1 atom stereocenters. The molecule has 3 aromatic rings. The third kappa shape index (κ3) is 3.38. The van der Waals surface area contributed by atoms with Gasteiger partial charge in [0, 0.05) is 16.8 Å². The first-order chi connectivity index (χ1) is 13.0. The zero-order valence-corrected chi connectivity index (χ0v) is 15.5. The van der Waals surface area contributed by atoms with Crippen LogP contribution < -0.4 is 10.2 Å². The summed E-state index contributed by atoms with van der Waals surface area (Å²) in [6.07, 6.45) is 2.48. The summed E-state index contributed by atoms with van der Waals surface area (Å²) in [5.74, 6) is 0.189. The highest BCUT2D eigenvalue weighted by molar-refractivity contribution is 6.31. The minimum absolute atomic E-state index is 0.0418. The zero-order chi connectivity index (χ0) is 19.0. The van der Waals surface area contributed by atoms with Gasteiger partial charge in [0.05, 0.1) is 24.1 Å². The van der Waals surface area contributed by atoms with Crippen molar-refractivity contribution in [2.24, 2.45) is 0 Å². The van der Waals surface area contributed by atoms with Gasteiger partial charge < -0.3 is 19.7 Å². The van der Waals surface area contributed by atoms with Crippen LogP contribution in [0.2, 0.25) is 5.02 Å². The lowest BCUT2D eigenvalue weighted by atomic mass is 10.1. The molecule has 0 radical (unpaired) electrons. The normalized spacial score (nSPS) is 15.6. The van der Waals surface area contributed by atoms with Crippen LogP contribution in [0.5, 0.6) is 5.75 Å². The first-order valence-electron chi connectivity index (χ1n) is 8.73. The van der Waals surface area contributed by atoms with E-state index >= 15 is 0 Å². The number of hydrogen-bond acceptors (Lipinski definition) is 4. The smallest absolute Gasteiger partial charge is 0.259 e. The van der Waals surface area contributed by atoms with Gasteiger partial charge in [-0.1, -0.05) is 29.8 Å². The second kappa shape index (κ2) is 7.00. The maximum Gasteiger partial charge on any atom is 0.259 e. The summed E-state index contributed by atoms with van der Waals surface area (Å²) < 4.78 is 5.61. The number of carbonyl (C=O) groups excluding carboxylic acids is 1. The van der Waals surface area contributed by atoms with Gasteiger partial charge in [-0.2, -0.15) is 0 Å². The van der Waals surface area contributed by atoms with E-state index in [1.165, 1.54) is 29.6 Å². The van der Waals surface area contributed by atoms with Crippen molar-refractivity contribution in [3.8, 4) is 5.75 Å². The number of halogens is 1. The highest BCUT2D eigenvalue weighted by atomic mass is 35.5. The van der Waals surface area contributed by atoms with E-state index < -0.39 is 0 Å². The summed E-state index contributed by atoms with van der Waals surface area (Å²) >= 11 is 5.95. The van der Waals surface area contributed by atoms with E-state index in [0.717, 1.165) is 6.42 Å². The quantitative estimate of drug-likeness (QED) is 0.633. The molecule has 0 spiro atoms. The predicted molar refractivity (Wildman–Crippen MR) is 106 cm³/mol. The van der Waals surface area contributed by atoms with Crippen LogP contribution in [0.3, 0.4) is 0 Å². The molecule has 0 bridgehead atoms. The molecule has 1 aliphatic rings. The summed E-state index contributed by atoms with van der Waals surface area (Å²) in [5.41, 5.74) is 3.16. The average Bonchev–Trinajstić information content (AvgIpc) is 3.23. The van der Waals surface area contributed by atoms with Gasteiger partial charge in [0.2, 0.25) is 0 Å². The number of furan rings is 1. The Morgan fingerprint density at radius 1 is 1.30 bits per heavy atom. The third-order valence-electron chi connectivity index (χ3n) is 4.86. The first kappa shape index (κ1) is 17.5. The highest BCUT2D eigenvalue weighted by Crippen LogP contribution is 2.34. The Bertz CT molecular complexity index is 999. The Balaban J connectivity index is 1.56. The number of aromatic hydroxyl groups is 1. The number of nitrogens with one attached hydrogen (secondary N) is 1. The van der Waals surface area contributed by atoms with Crippen molar-refractivity contribution in [1.82, 2.24) is 0 Å². The van der Waals surface area contributed by atoms with Crippen LogP contribution in [-0.4, -0.2) is 17.1 Å². The second-order valence-corrected chi connectivity index (χ2v) is 7.12. The molecule has 0 saturated heterocycles. The third-order valence-corrected chi connectivity index (χ3v) is 5.09. The Kier molecular flexibility index (Phi) is 4.54. The van der Waals surface area contributed by atoms with Crippen molar-refractivity contribution >= 4 is 28.9 Å². The highest BCUT2D eigenvalue weighted by Gasteiger charge is 2.28. The van der Waals surface area contributed by atoms with E-state index in [9.17, 15) is 9.90 Å². The van der Waals surface area contributed by atoms with Gasteiger partial charge in [0.15, 0.2) is 0 Å². The molecule has 4 rings (SSSR count). The molecule has 1 amide bonds. The summed E-state index contributed by atoms with van der Waals surface area (Å²) in [5, 5.41) is 13.0. The summed E-state index contributed by atoms with van der Waals surface area (Å²) in [6.45, 7) is 2.65. The number of fused-ring (bicyclic) bond motifs is 1. The van der Waals surface area contributed by atoms with Crippen LogP contribution in [-0.2, 0) is 13.0 Å². The molecule has 27 heavy (non-hydrogen) atoms. The number of hydrogen-bond donors (Lipinski definition) is 2. The van der Waals surface area contributed by atoms with Gasteiger partial charge in [0.1, 0.15) is 11.5 Å². The van der Waals surface area contributed by atoms with E-state index in [1.54, 1.807) is 12.1 Å². The topological polar surface area (TPSA) is 65.7 Å². The van der Waals surface area contributed by atoms with E-state index in [4.69, 9.17) is 16.0 Å². The van der Waals surface area contributed by atoms with Crippen molar-refractivity contribution in [2.45, 2.75) is 25.9 Å². The molecule has 1 unspecified atom stereocenters. The molecular weight excluding hydrogens is 364 g/mol. The average molecular weight is 383 g/mol. The van der Waals surface area contributed by atoms with Crippen molar-refractivity contribution in [2.75, 3.05) is 10.2 Å². The summed E-state index contributed by atoms with van der Waals surface area (Å²) in [7, 11) is 0. The minimum Gasteiger partial charge on any atom is -0.506 e. The second-order valence-electron chi connectivity index (χ2n) is 6.68. The number of nitrogens with zero attached hydrogens (tertiary/aromatic N) is 1. The molecular formula is C21H19ClN2O3. The number of para-hydroxylation sites is 1. The molecule has 2 aromatic carbocycles. The number of carbonyl (C=O) groups is 1. The Morgan fingerprint density at radius 3 is 2.96 bits per heavy atom. The minimum atomic E-state index is -0.351. The molecule has 1 aliphatic heterocycles. The van der Waals surface area contributed by atoms with Gasteiger partial charge in [-0.3, -0.25) is 4.79 Å². The van der Waals surface area contributed by atoms with Crippen LogP contribution in [0.1, 0.15) is 28.6 Å². The maximum absolute atomic E-state index is 12.7. The van der Waals surface area contributed by atoms with Gasteiger partial charge in [-0.05, 0) is 49.2 Å². The Labute approximate surface area is 162 Å². The summed E-state index contributed by atoms with van der Waals surface area (Å²) in [6, 6.07) is 14.7. The van der Waals surface area contributed by atoms with Crippen molar-refractivity contribution < 1.29 is 14.3 Å². The van der Waals surface area contributed by atoms with Crippen LogP contribution in [0.25, 0.3) is 0 Å². The molecule has 1 aromatic heterocycles. The lowest BCUT2D eigenvalue weighted by Gasteiger charge is -2.24. The molecule has 0 fully saturated rings.